The second-order valence-electron chi connectivity index (χ2n) is 9.62. The second kappa shape index (κ2) is 11.0. The van der Waals surface area contributed by atoms with Gasteiger partial charge >= 0.3 is 0 Å². The molecule has 10 heteroatoms. The van der Waals surface area contributed by atoms with Gasteiger partial charge in [0.25, 0.3) is 5.91 Å². The summed E-state index contributed by atoms with van der Waals surface area (Å²) in [5.41, 5.74) is 1.29. The Hall–Kier alpha value is -4.34. The average molecular weight is 520 g/mol. The molecule has 0 spiro atoms. The molecule has 0 bridgehead atoms. The van der Waals surface area contributed by atoms with E-state index < -0.39 is 17.5 Å². The number of aryl methyl sites for hydroxylation is 1. The van der Waals surface area contributed by atoms with E-state index in [9.17, 15) is 9.59 Å². The lowest BCUT2D eigenvalue weighted by Crippen LogP contribution is -2.51. The van der Waals surface area contributed by atoms with Gasteiger partial charge in [-0.1, -0.05) is 24.3 Å². The fourth-order valence-electron chi connectivity index (χ4n) is 4.11. The van der Waals surface area contributed by atoms with Crippen LogP contribution in [0.4, 0.5) is 5.69 Å². The number of furan rings is 1. The molecule has 1 atom stereocenters. The Kier molecular flexibility index (Phi) is 7.70. The number of ether oxygens (including phenoxy) is 2. The standard InChI is InChI=1S/C28H33N5O5/c1-7-28(3,4)29-27(35)26(23-14-12-18(2)38-23)33(19-13-15-22(36-5)24(16-19)37-6)25(34)17-32-21-11-9-8-10-20(21)30-31-32/h8-16,26H,7,17H2,1-6H3,(H,29,35). The summed E-state index contributed by atoms with van der Waals surface area (Å²) in [5, 5.41) is 11.4. The number of benzene rings is 2. The predicted octanol–water partition coefficient (Wildman–Crippen LogP) is 4.43. The molecule has 200 valence electrons. The number of hydrogen-bond acceptors (Lipinski definition) is 7. The molecule has 0 aliphatic rings. The number of amides is 2. The number of carbonyl (C=O) groups excluding carboxylic acids is 2. The maximum absolute atomic E-state index is 14.1. The zero-order chi connectivity index (χ0) is 27.4. The van der Waals surface area contributed by atoms with Crippen molar-refractivity contribution in [2.75, 3.05) is 19.1 Å². The Balaban J connectivity index is 1.85. The molecule has 2 aromatic carbocycles. The van der Waals surface area contributed by atoms with Crippen molar-refractivity contribution in [3.8, 4) is 11.5 Å². The van der Waals surface area contributed by atoms with Crippen molar-refractivity contribution in [1.82, 2.24) is 20.3 Å². The normalized spacial score (nSPS) is 12.3. The van der Waals surface area contributed by atoms with Crippen molar-refractivity contribution in [2.45, 2.75) is 52.2 Å². The Bertz CT molecular complexity index is 1440. The molecular formula is C28H33N5O5. The van der Waals surface area contributed by atoms with Crippen LogP contribution in [0.25, 0.3) is 11.0 Å². The van der Waals surface area contributed by atoms with E-state index in [1.54, 1.807) is 37.3 Å². The fourth-order valence-corrected chi connectivity index (χ4v) is 4.11. The number of para-hydroxylation sites is 1. The summed E-state index contributed by atoms with van der Waals surface area (Å²) in [6, 6.07) is 14.8. The van der Waals surface area contributed by atoms with Gasteiger partial charge in [-0.2, -0.15) is 0 Å². The van der Waals surface area contributed by atoms with Gasteiger partial charge < -0.3 is 19.2 Å². The maximum atomic E-state index is 14.1. The summed E-state index contributed by atoms with van der Waals surface area (Å²) in [6.45, 7) is 7.48. The summed E-state index contributed by atoms with van der Waals surface area (Å²) in [4.78, 5) is 29.4. The quantitative estimate of drug-likeness (QED) is 0.330. The maximum Gasteiger partial charge on any atom is 0.251 e. The molecule has 2 amide bonds. The second-order valence-corrected chi connectivity index (χ2v) is 9.62. The van der Waals surface area contributed by atoms with E-state index in [0.29, 0.717) is 46.2 Å². The lowest BCUT2D eigenvalue weighted by molar-refractivity contribution is -0.128. The largest absolute Gasteiger partial charge is 0.493 e. The highest BCUT2D eigenvalue weighted by Crippen LogP contribution is 2.36. The number of hydrogen-bond donors (Lipinski definition) is 1. The highest BCUT2D eigenvalue weighted by molar-refractivity contribution is 6.01. The number of methoxy groups -OCH3 is 2. The number of anilines is 1. The summed E-state index contributed by atoms with van der Waals surface area (Å²) in [5.74, 6) is 1.09. The third kappa shape index (κ3) is 5.49. The van der Waals surface area contributed by atoms with Crippen molar-refractivity contribution < 1.29 is 23.5 Å². The van der Waals surface area contributed by atoms with Gasteiger partial charge in [0.05, 0.1) is 19.7 Å². The van der Waals surface area contributed by atoms with Crippen LogP contribution in [-0.2, 0) is 16.1 Å². The first-order chi connectivity index (χ1) is 18.2. The molecule has 10 nitrogen and oxygen atoms in total. The van der Waals surface area contributed by atoms with Crippen LogP contribution in [0.3, 0.4) is 0 Å². The number of aromatic nitrogens is 3. The number of rotatable bonds is 10. The van der Waals surface area contributed by atoms with Crippen LogP contribution >= 0.6 is 0 Å². The zero-order valence-electron chi connectivity index (χ0n) is 22.5. The lowest BCUT2D eigenvalue weighted by atomic mass is 10.0. The molecule has 38 heavy (non-hydrogen) atoms. The van der Waals surface area contributed by atoms with Crippen LogP contribution in [0, 0.1) is 6.92 Å². The molecule has 2 aromatic heterocycles. The van der Waals surface area contributed by atoms with Gasteiger partial charge in [-0.05, 0) is 63.6 Å². The summed E-state index contributed by atoms with van der Waals surface area (Å²) < 4.78 is 18.3. The summed E-state index contributed by atoms with van der Waals surface area (Å²) in [6.07, 6.45) is 0.692. The van der Waals surface area contributed by atoms with Crippen LogP contribution in [0.5, 0.6) is 11.5 Å². The van der Waals surface area contributed by atoms with Gasteiger partial charge in [-0.3, -0.25) is 14.5 Å². The molecule has 4 aromatic rings. The van der Waals surface area contributed by atoms with E-state index >= 15 is 0 Å². The van der Waals surface area contributed by atoms with Crippen molar-refractivity contribution >= 4 is 28.5 Å². The Morgan fingerprint density at radius 2 is 1.82 bits per heavy atom. The molecule has 0 aliphatic heterocycles. The highest BCUT2D eigenvalue weighted by atomic mass is 16.5. The molecule has 1 N–H and O–H groups in total. The lowest BCUT2D eigenvalue weighted by Gasteiger charge is -2.33. The number of fused-ring (bicyclic) bond motifs is 1. The molecule has 4 rings (SSSR count). The first-order valence-electron chi connectivity index (χ1n) is 12.4. The van der Waals surface area contributed by atoms with Crippen LogP contribution < -0.4 is 19.7 Å². The van der Waals surface area contributed by atoms with E-state index in [1.165, 1.54) is 23.8 Å². The van der Waals surface area contributed by atoms with Crippen LogP contribution in [0.15, 0.2) is 59.0 Å². The van der Waals surface area contributed by atoms with Crippen molar-refractivity contribution in [3.63, 3.8) is 0 Å². The highest BCUT2D eigenvalue weighted by Gasteiger charge is 2.37. The minimum absolute atomic E-state index is 0.157. The van der Waals surface area contributed by atoms with E-state index in [2.05, 4.69) is 15.6 Å². The molecular weight excluding hydrogens is 486 g/mol. The van der Waals surface area contributed by atoms with Crippen molar-refractivity contribution in [2.24, 2.45) is 0 Å². The molecule has 0 saturated carbocycles. The van der Waals surface area contributed by atoms with Gasteiger partial charge in [0, 0.05) is 17.3 Å². The van der Waals surface area contributed by atoms with E-state index in [0.717, 1.165) is 0 Å². The minimum Gasteiger partial charge on any atom is -0.493 e. The van der Waals surface area contributed by atoms with Gasteiger partial charge in [0.1, 0.15) is 23.6 Å². The first kappa shape index (κ1) is 26.7. The summed E-state index contributed by atoms with van der Waals surface area (Å²) >= 11 is 0. The Morgan fingerprint density at radius 1 is 1.08 bits per heavy atom. The van der Waals surface area contributed by atoms with Crippen LogP contribution in [0.2, 0.25) is 0 Å². The monoisotopic (exact) mass is 519 g/mol. The third-order valence-electron chi connectivity index (χ3n) is 6.50. The minimum atomic E-state index is -1.10. The topological polar surface area (TPSA) is 112 Å². The number of nitrogens with zero attached hydrogens (tertiary/aromatic N) is 4. The molecule has 0 aliphatic carbocycles. The molecule has 0 radical (unpaired) electrons. The first-order valence-corrected chi connectivity index (χ1v) is 12.4. The smallest absolute Gasteiger partial charge is 0.251 e. The van der Waals surface area contributed by atoms with Gasteiger partial charge in [0.15, 0.2) is 17.5 Å². The van der Waals surface area contributed by atoms with Crippen LogP contribution in [-0.4, -0.2) is 46.6 Å². The average Bonchev–Trinajstić information content (AvgIpc) is 3.52. The third-order valence-corrected chi connectivity index (χ3v) is 6.50. The fraction of sp³-hybridized carbons (Fsp3) is 0.357. The predicted molar refractivity (Wildman–Crippen MR) is 143 cm³/mol. The molecule has 0 fully saturated rings. The van der Waals surface area contributed by atoms with E-state index in [4.69, 9.17) is 13.9 Å². The van der Waals surface area contributed by atoms with Gasteiger partial charge in [-0.15, -0.1) is 5.10 Å². The Labute approximate surface area is 221 Å². The molecule has 2 heterocycles. The van der Waals surface area contributed by atoms with Crippen LogP contribution in [0.1, 0.15) is 44.8 Å². The van der Waals surface area contributed by atoms with Crippen molar-refractivity contribution in [1.29, 1.82) is 0 Å². The van der Waals surface area contributed by atoms with E-state index in [1.807, 2.05) is 45.0 Å². The SMILES string of the molecule is CCC(C)(C)NC(=O)C(c1ccc(C)o1)N(C(=O)Cn1nnc2ccccc21)c1ccc(OC)c(OC)c1. The molecule has 1 unspecified atom stereocenters. The number of carbonyl (C=O) groups is 2. The van der Waals surface area contributed by atoms with Crippen molar-refractivity contribution in [3.05, 3.63) is 66.1 Å². The zero-order valence-corrected chi connectivity index (χ0v) is 22.5. The summed E-state index contributed by atoms with van der Waals surface area (Å²) in [7, 11) is 3.05. The Morgan fingerprint density at radius 3 is 2.47 bits per heavy atom. The van der Waals surface area contributed by atoms with Gasteiger partial charge in [0.2, 0.25) is 5.91 Å². The van der Waals surface area contributed by atoms with E-state index in [-0.39, 0.29) is 12.5 Å². The number of nitrogens with one attached hydrogen (secondary N) is 1. The van der Waals surface area contributed by atoms with Gasteiger partial charge in [-0.25, -0.2) is 4.68 Å². The molecule has 0 saturated heterocycles.